The van der Waals surface area contributed by atoms with Crippen LogP contribution in [0.1, 0.15) is 55.5 Å². The lowest BCUT2D eigenvalue weighted by Crippen LogP contribution is -2.25. The predicted octanol–water partition coefficient (Wildman–Crippen LogP) is 7.00. The topological polar surface area (TPSA) is 169 Å². The largest absolute Gasteiger partial charge is 0.379 e. The Morgan fingerprint density at radius 2 is 1.02 bits per heavy atom. The van der Waals surface area contributed by atoms with Crippen LogP contribution in [-0.4, -0.2) is 39.8 Å². The van der Waals surface area contributed by atoms with Crippen molar-refractivity contribution in [3.8, 4) is 11.5 Å². The van der Waals surface area contributed by atoms with Crippen molar-refractivity contribution in [1.82, 2.24) is 0 Å². The zero-order chi connectivity index (χ0) is 36.8. The van der Waals surface area contributed by atoms with Crippen LogP contribution in [0.15, 0.2) is 138 Å². The van der Waals surface area contributed by atoms with E-state index < -0.39 is 42.9 Å². The van der Waals surface area contributed by atoms with Crippen molar-refractivity contribution in [2.24, 2.45) is 0 Å². The normalized spacial score (nSPS) is 15.3. The number of carbonyl (C=O) groups excluding carboxylic acids is 2. The van der Waals surface area contributed by atoms with Crippen LogP contribution < -0.4 is 8.37 Å². The first-order valence-corrected chi connectivity index (χ1v) is 18.7. The molecule has 5 aromatic carbocycles. The second kappa shape index (κ2) is 12.8. The van der Waals surface area contributed by atoms with Crippen LogP contribution >= 0.6 is 0 Å². The first kappa shape index (κ1) is 34.2. The van der Waals surface area contributed by atoms with Gasteiger partial charge < -0.3 is 8.37 Å². The highest BCUT2D eigenvalue weighted by molar-refractivity contribution is 7.96. The van der Waals surface area contributed by atoms with Crippen molar-refractivity contribution in [1.29, 1.82) is 10.8 Å². The maximum absolute atomic E-state index is 13.4. The van der Waals surface area contributed by atoms with E-state index in [4.69, 9.17) is 19.2 Å². The number of ketones is 2. The second-order valence-electron chi connectivity index (χ2n) is 12.2. The minimum Gasteiger partial charge on any atom is -0.379 e. The fourth-order valence-corrected chi connectivity index (χ4v) is 8.65. The van der Waals surface area contributed by atoms with E-state index in [1.165, 1.54) is 66.7 Å². The number of nitrogens with one attached hydrogen (secondary N) is 2. The molecular weight excluding hydrogens is 701 g/mol. The van der Waals surface area contributed by atoms with E-state index in [9.17, 15) is 26.4 Å². The van der Waals surface area contributed by atoms with Crippen molar-refractivity contribution in [2.75, 3.05) is 0 Å². The molecule has 0 bridgehead atoms. The molecule has 258 valence electrons. The second-order valence-corrected chi connectivity index (χ2v) is 15.2. The molecule has 12 heteroatoms. The molecule has 0 radical (unpaired) electrons. The van der Waals surface area contributed by atoms with Crippen molar-refractivity contribution in [3.63, 3.8) is 0 Å². The van der Waals surface area contributed by atoms with Gasteiger partial charge in [-0.2, -0.15) is 16.8 Å². The molecule has 5 aromatic rings. The summed E-state index contributed by atoms with van der Waals surface area (Å²) < 4.78 is 64.7. The predicted molar refractivity (Wildman–Crippen MR) is 196 cm³/mol. The van der Waals surface area contributed by atoms with Gasteiger partial charge in [0, 0.05) is 27.7 Å². The Morgan fingerprint density at radius 1 is 0.519 bits per heavy atom. The smallest absolute Gasteiger partial charge is 0.339 e. The van der Waals surface area contributed by atoms with Crippen LogP contribution in [0, 0.1) is 10.8 Å². The van der Waals surface area contributed by atoms with Crippen molar-refractivity contribution in [2.45, 2.75) is 17.2 Å². The molecule has 0 heterocycles. The van der Waals surface area contributed by atoms with Gasteiger partial charge in [-0.3, -0.25) is 20.4 Å². The molecular formula is C40H28N2O8S2. The summed E-state index contributed by atoms with van der Waals surface area (Å²) in [5.74, 6) is -1.09. The number of rotatable bonds is 9. The molecule has 1 atom stereocenters. The first-order chi connectivity index (χ1) is 24.8. The van der Waals surface area contributed by atoms with Gasteiger partial charge in [0.05, 0.1) is 0 Å². The summed E-state index contributed by atoms with van der Waals surface area (Å²) in [6.07, 6.45) is 3.66. The van der Waals surface area contributed by atoms with Crippen molar-refractivity contribution in [3.05, 3.63) is 172 Å². The van der Waals surface area contributed by atoms with Gasteiger partial charge in [-0.05, 0) is 66.1 Å². The molecule has 0 saturated heterocycles. The lowest BCUT2D eigenvalue weighted by Gasteiger charge is -2.32. The van der Waals surface area contributed by atoms with E-state index in [-0.39, 0.29) is 49.3 Å². The monoisotopic (exact) mass is 728 g/mol. The fourth-order valence-electron chi connectivity index (χ4n) is 6.34. The fraction of sp³-hybridized carbons (Fsp3) is 0.0500. The van der Waals surface area contributed by atoms with E-state index in [0.29, 0.717) is 0 Å². The summed E-state index contributed by atoms with van der Waals surface area (Å²) in [4.78, 5) is 24.4. The molecule has 0 amide bonds. The molecule has 52 heavy (non-hydrogen) atoms. The molecule has 0 aliphatic heterocycles. The summed E-state index contributed by atoms with van der Waals surface area (Å²) in [5.41, 5.74) is 1.43. The zero-order valence-electron chi connectivity index (χ0n) is 27.4. The van der Waals surface area contributed by atoms with Gasteiger partial charge in [-0.25, -0.2) is 0 Å². The maximum Gasteiger partial charge on any atom is 0.339 e. The number of fused-ring (bicyclic) bond motifs is 2. The van der Waals surface area contributed by atoms with E-state index in [2.05, 4.69) is 0 Å². The summed E-state index contributed by atoms with van der Waals surface area (Å²) in [7, 11) is -8.80. The zero-order valence-corrected chi connectivity index (χ0v) is 29.0. The minimum atomic E-state index is -4.43. The molecule has 0 saturated carbocycles. The van der Waals surface area contributed by atoms with Crippen LogP contribution in [0.5, 0.6) is 11.5 Å². The Labute approximate surface area is 300 Å². The Balaban J connectivity index is 1.18. The van der Waals surface area contributed by atoms with E-state index >= 15 is 0 Å². The van der Waals surface area contributed by atoms with Gasteiger partial charge in [-0.1, -0.05) is 97.1 Å². The van der Waals surface area contributed by atoms with Crippen LogP contribution in [0.25, 0.3) is 11.0 Å². The highest BCUT2D eigenvalue weighted by Gasteiger charge is 2.34. The van der Waals surface area contributed by atoms with E-state index in [0.717, 1.165) is 22.8 Å². The van der Waals surface area contributed by atoms with Gasteiger partial charge >= 0.3 is 20.2 Å². The van der Waals surface area contributed by atoms with E-state index in [1.807, 2.05) is 37.3 Å². The third-order valence-electron chi connectivity index (χ3n) is 9.09. The highest BCUT2D eigenvalue weighted by atomic mass is 32.2. The molecule has 2 N–H and O–H groups in total. The molecule has 7 rings (SSSR count). The van der Waals surface area contributed by atoms with Crippen LogP contribution in [0.3, 0.4) is 0 Å². The lowest BCUT2D eigenvalue weighted by molar-refractivity contribution is 0.105. The number of benzene rings is 5. The Bertz CT molecular complexity index is 2610. The number of hydrogen-bond acceptors (Lipinski definition) is 10. The van der Waals surface area contributed by atoms with Gasteiger partial charge in [0.15, 0.2) is 0 Å². The van der Waals surface area contributed by atoms with E-state index in [1.54, 1.807) is 36.4 Å². The van der Waals surface area contributed by atoms with Crippen molar-refractivity contribution < 1.29 is 34.8 Å². The van der Waals surface area contributed by atoms with Crippen LogP contribution in [0.2, 0.25) is 0 Å². The van der Waals surface area contributed by atoms with Gasteiger partial charge in [0.25, 0.3) is 0 Å². The Morgan fingerprint density at radius 3 is 1.63 bits per heavy atom. The number of Topliss-reactive ketones (excluding diaryl/α,β-unsaturated/α-hetero) is 2. The molecule has 2 aliphatic carbocycles. The highest BCUT2D eigenvalue weighted by Crippen LogP contribution is 2.41. The van der Waals surface area contributed by atoms with Crippen LogP contribution in [0.4, 0.5) is 0 Å². The van der Waals surface area contributed by atoms with Gasteiger partial charge in [0.1, 0.15) is 32.7 Å². The maximum atomic E-state index is 13.4. The summed E-state index contributed by atoms with van der Waals surface area (Å²) >= 11 is 0. The summed E-state index contributed by atoms with van der Waals surface area (Å²) in [6.45, 7) is 1.98. The minimum absolute atomic E-state index is 0.0198. The van der Waals surface area contributed by atoms with Crippen molar-refractivity contribution >= 4 is 54.2 Å². The molecule has 0 spiro atoms. The quantitative estimate of drug-likeness (QED) is 0.121. The Hall–Kier alpha value is -6.24. The molecule has 10 nitrogen and oxygen atoms in total. The lowest BCUT2D eigenvalue weighted by atomic mass is 9.71. The summed E-state index contributed by atoms with van der Waals surface area (Å²) in [5, 5.41) is 15.8. The number of hydrogen-bond donors (Lipinski definition) is 2. The van der Waals surface area contributed by atoms with Gasteiger partial charge in [-0.15, -0.1) is 0 Å². The Kier molecular flexibility index (Phi) is 8.44. The summed E-state index contributed by atoms with van der Waals surface area (Å²) in [6, 6.07) is 33.0. The molecule has 0 aromatic heterocycles. The average Bonchev–Trinajstić information content (AvgIpc) is 3.14. The molecule has 1 unspecified atom stereocenters. The standard InChI is InChI=1S/C40H28N2O8S2/c1-40(25-8-3-2-4-9-25,26-14-18-28(19-15-26)49-51(45,46)36-13-7-12-33-31(36)22-23-34(41)38(33)43)27-16-20-29(21-17-27)50-52(47,48)37-24-35(42)39(44)32-11-6-5-10-30(32)37/h2-24,41-42H,1H3. The third-order valence-corrected chi connectivity index (χ3v) is 11.7. The molecule has 2 aliphatic rings. The third kappa shape index (κ3) is 5.97. The number of carbonyl (C=O) groups is 2. The SMILES string of the molecule is CC(c1ccccc1)(c1ccc(OS(=O)(=O)C2=CC(=N)C(=O)c3ccccc32)cc1)c1ccc(OS(=O)(=O)c2cccc3c2C=CC(=N)C3=O)cc1. The average molecular weight is 729 g/mol. The number of allylic oxidation sites excluding steroid dienone is 2. The first-order valence-electron chi connectivity index (χ1n) is 15.8. The van der Waals surface area contributed by atoms with Gasteiger partial charge in [0.2, 0.25) is 11.6 Å². The molecule has 0 fully saturated rings. The van der Waals surface area contributed by atoms with Crippen LogP contribution in [-0.2, 0) is 25.7 Å².